The van der Waals surface area contributed by atoms with Crippen LogP contribution in [0.3, 0.4) is 0 Å². The van der Waals surface area contributed by atoms with Crippen molar-refractivity contribution in [1.29, 1.82) is 0 Å². The van der Waals surface area contributed by atoms with E-state index < -0.39 is 17.4 Å². The number of carbonyl (C=O) groups is 1. The van der Waals surface area contributed by atoms with Crippen molar-refractivity contribution in [1.82, 2.24) is 10.6 Å². The maximum absolute atomic E-state index is 13.1. The molecule has 2 unspecified atom stereocenters. The largest absolute Gasteiger partial charge is 0.328 e. The van der Waals surface area contributed by atoms with Gasteiger partial charge in [0.2, 0.25) is 0 Å². The first-order valence-electron chi connectivity index (χ1n) is 7.03. The number of alkyl halides is 1. The average molecular weight is 300 g/mol. The van der Waals surface area contributed by atoms with Gasteiger partial charge in [0.15, 0.2) is 0 Å². The zero-order valence-corrected chi connectivity index (χ0v) is 13.5. The molecule has 0 aliphatic heterocycles. The van der Waals surface area contributed by atoms with Crippen LogP contribution in [0.15, 0.2) is 24.3 Å². The Morgan fingerprint density at radius 3 is 2.33 bits per heavy atom. The molecule has 122 valence electrons. The topological polar surface area (TPSA) is 93.2 Å². The highest BCUT2D eigenvalue weighted by molar-refractivity contribution is 5.77. The molecule has 0 aromatic rings. The van der Waals surface area contributed by atoms with Crippen molar-refractivity contribution in [3.63, 3.8) is 0 Å². The van der Waals surface area contributed by atoms with E-state index in [9.17, 15) is 9.18 Å². The quantitative estimate of drug-likeness (QED) is 0.350. The fraction of sp³-hybridized carbons (Fsp3) is 0.667. The predicted octanol–water partition coefficient (Wildman–Crippen LogP) is 0.617. The fourth-order valence-corrected chi connectivity index (χ4v) is 2.24. The molecule has 0 fully saturated rings. The van der Waals surface area contributed by atoms with Crippen LogP contribution in [0.2, 0.25) is 0 Å². The molecule has 0 saturated heterocycles. The molecular formula is C15H29FN4O. The SMILES string of the molecule is C=C/C=C(\CNC(C)F)C(CN)(NCC(C)=O)C(C)(C)N. The molecule has 0 heterocycles. The number of carbonyl (C=O) groups excluding carboxylic acids is 1. The zero-order chi connectivity index (χ0) is 16.7. The van der Waals surface area contributed by atoms with Crippen LogP contribution < -0.4 is 22.1 Å². The van der Waals surface area contributed by atoms with E-state index in [1.54, 1.807) is 12.2 Å². The highest BCUT2D eigenvalue weighted by Gasteiger charge is 2.44. The van der Waals surface area contributed by atoms with Crippen molar-refractivity contribution in [3.05, 3.63) is 24.3 Å². The molecule has 0 saturated carbocycles. The molecule has 5 nitrogen and oxygen atoms in total. The number of nitrogens with one attached hydrogen (secondary N) is 2. The number of halogens is 1. The number of rotatable bonds is 10. The first-order valence-corrected chi connectivity index (χ1v) is 7.03. The van der Waals surface area contributed by atoms with Crippen LogP contribution in [0, 0.1) is 0 Å². The van der Waals surface area contributed by atoms with Gasteiger partial charge < -0.3 is 11.5 Å². The molecule has 6 N–H and O–H groups in total. The van der Waals surface area contributed by atoms with Crippen molar-refractivity contribution in [2.24, 2.45) is 11.5 Å². The molecule has 0 aliphatic rings. The van der Waals surface area contributed by atoms with Crippen LogP contribution in [-0.2, 0) is 4.79 Å². The summed E-state index contributed by atoms with van der Waals surface area (Å²) in [5, 5.41) is 5.86. The fourth-order valence-electron chi connectivity index (χ4n) is 2.24. The number of ketones is 1. The van der Waals surface area contributed by atoms with E-state index in [2.05, 4.69) is 17.2 Å². The number of hydrogen-bond acceptors (Lipinski definition) is 5. The summed E-state index contributed by atoms with van der Waals surface area (Å²) in [6.45, 7) is 10.8. The Balaban J connectivity index is 5.62. The molecule has 0 radical (unpaired) electrons. The van der Waals surface area contributed by atoms with E-state index in [4.69, 9.17) is 11.5 Å². The number of Topliss-reactive ketones (excluding diaryl/α,β-unsaturated/α-hetero) is 1. The van der Waals surface area contributed by atoms with Crippen LogP contribution in [0.5, 0.6) is 0 Å². The molecule has 0 amide bonds. The van der Waals surface area contributed by atoms with Gasteiger partial charge in [0.05, 0.1) is 12.1 Å². The molecule has 21 heavy (non-hydrogen) atoms. The summed E-state index contributed by atoms with van der Waals surface area (Å²) in [5.41, 5.74) is 11.4. The van der Waals surface area contributed by atoms with Gasteiger partial charge in [-0.25, -0.2) is 4.39 Å². The summed E-state index contributed by atoms with van der Waals surface area (Å²) in [4.78, 5) is 11.3. The van der Waals surface area contributed by atoms with Crippen LogP contribution in [-0.4, -0.2) is 42.8 Å². The van der Waals surface area contributed by atoms with Gasteiger partial charge in [-0.15, -0.1) is 0 Å². The van der Waals surface area contributed by atoms with Gasteiger partial charge in [-0.05, 0) is 33.3 Å². The lowest BCUT2D eigenvalue weighted by molar-refractivity contribution is -0.116. The van der Waals surface area contributed by atoms with Gasteiger partial charge in [0, 0.05) is 18.6 Å². The first kappa shape index (κ1) is 19.9. The van der Waals surface area contributed by atoms with Crippen molar-refractivity contribution in [2.45, 2.75) is 45.1 Å². The van der Waals surface area contributed by atoms with E-state index >= 15 is 0 Å². The zero-order valence-electron chi connectivity index (χ0n) is 13.5. The minimum Gasteiger partial charge on any atom is -0.328 e. The molecule has 0 aromatic heterocycles. The molecule has 0 aliphatic carbocycles. The maximum atomic E-state index is 13.1. The summed E-state index contributed by atoms with van der Waals surface area (Å²) >= 11 is 0. The molecule has 0 rings (SSSR count). The number of hydrogen-bond donors (Lipinski definition) is 4. The lowest BCUT2D eigenvalue weighted by Crippen LogP contribution is -2.70. The second kappa shape index (κ2) is 8.38. The highest BCUT2D eigenvalue weighted by atomic mass is 19.1. The maximum Gasteiger partial charge on any atom is 0.148 e. The number of nitrogens with two attached hydrogens (primary N) is 2. The Morgan fingerprint density at radius 1 is 1.43 bits per heavy atom. The van der Waals surface area contributed by atoms with Crippen LogP contribution in [0.4, 0.5) is 4.39 Å². The van der Waals surface area contributed by atoms with Crippen molar-refractivity contribution >= 4 is 5.78 Å². The highest BCUT2D eigenvalue weighted by Crippen LogP contribution is 2.27. The molecule has 0 spiro atoms. The lowest BCUT2D eigenvalue weighted by Gasteiger charge is -2.46. The molecule has 0 aromatic carbocycles. The van der Waals surface area contributed by atoms with E-state index in [1.807, 2.05) is 13.8 Å². The lowest BCUT2D eigenvalue weighted by atomic mass is 9.73. The first-order chi connectivity index (χ1) is 9.60. The smallest absolute Gasteiger partial charge is 0.148 e. The predicted molar refractivity (Wildman–Crippen MR) is 85.6 cm³/mol. The van der Waals surface area contributed by atoms with Crippen molar-refractivity contribution in [2.75, 3.05) is 19.6 Å². The Labute approximate surface area is 127 Å². The Hall–Kier alpha value is -1.08. The van der Waals surface area contributed by atoms with Gasteiger partial charge in [0.25, 0.3) is 0 Å². The monoisotopic (exact) mass is 300 g/mol. The minimum atomic E-state index is -1.16. The minimum absolute atomic E-state index is 0.0261. The van der Waals surface area contributed by atoms with E-state index in [-0.39, 0.29) is 25.4 Å². The molecule has 2 atom stereocenters. The van der Waals surface area contributed by atoms with Gasteiger partial charge >= 0.3 is 0 Å². The molecule has 6 heteroatoms. The van der Waals surface area contributed by atoms with Gasteiger partial charge in [-0.1, -0.05) is 18.7 Å². The van der Waals surface area contributed by atoms with Crippen LogP contribution in [0.1, 0.15) is 27.7 Å². The average Bonchev–Trinajstić information content (AvgIpc) is 2.34. The van der Waals surface area contributed by atoms with Gasteiger partial charge in [0.1, 0.15) is 12.1 Å². The van der Waals surface area contributed by atoms with Crippen molar-refractivity contribution < 1.29 is 9.18 Å². The second-order valence-corrected chi connectivity index (χ2v) is 5.81. The number of allylic oxidation sites excluding steroid dienone is 2. The third-order valence-corrected chi connectivity index (χ3v) is 3.49. The third kappa shape index (κ3) is 5.67. The van der Waals surface area contributed by atoms with Gasteiger partial charge in [-0.3, -0.25) is 15.4 Å². The normalized spacial score (nSPS) is 17.2. The Morgan fingerprint density at radius 2 is 2.00 bits per heavy atom. The van der Waals surface area contributed by atoms with Crippen molar-refractivity contribution in [3.8, 4) is 0 Å². The van der Waals surface area contributed by atoms with Gasteiger partial charge in [-0.2, -0.15) is 0 Å². The summed E-state index contributed by atoms with van der Waals surface area (Å²) < 4.78 is 13.1. The Kier molecular flexibility index (Phi) is 7.95. The van der Waals surface area contributed by atoms with E-state index in [1.165, 1.54) is 13.8 Å². The summed E-state index contributed by atoms with van der Waals surface area (Å²) in [7, 11) is 0. The Bertz CT molecular complexity index is 388. The van der Waals surface area contributed by atoms with E-state index in [0.29, 0.717) is 0 Å². The van der Waals surface area contributed by atoms with Crippen LogP contribution >= 0.6 is 0 Å². The summed E-state index contributed by atoms with van der Waals surface area (Å²) in [6, 6.07) is 0. The molecule has 0 bridgehead atoms. The van der Waals surface area contributed by atoms with E-state index in [0.717, 1.165) is 5.57 Å². The van der Waals surface area contributed by atoms with Crippen LogP contribution in [0.25, 0.3) is 0 Å². The summed E-state index contributed by atoms with van der Waals surface area (Å²) in [6.07, 6.45) is 2.19. The second-order valence-electron chi connectivity index (χ2n) is 5.81. The molecular weight excluding hydrogens is 271 g/mol. The third-order valence-electron chi connectivity index (χ3n) is 3.49. The standard InChI is InChI=1S/C15H29FN4O/c1-6-7-13(9-19-12(3)16)15(10-17,14(4,5)18)20-8-11(2)21/h6-7,12,19-20H,1,8-10,17-18H2,2-5H3/b13-7+. The summed E-state index contributed by atoms with van der Waals surface area (Å²) in [5.74, 6) is -0.0261.